The molecular formula is C12H17NO2. The first-order chi connectivity index (χ1) is 6.86. The molecule has 0 aliphatic rings. The molecule has 0 saturated heterocycles. The van der Waals surface area contributed by atoms with Crippen molar-refractivity contribution >= 4 is 5.78 Å². The highest BCUT2D eigenvalue weighted by Gasteiger charge is 2.24. The van der Waals surface area contributed by atoms with E-state index in [-0.39, 0.29) is 5.78 Å². The lowest BCUT2D eigenvalue weighted by molar-refractivity contribution is 0.0913. The number of rotatable bonds is 3. The minimum atomic E-state index is -0.834. The maximum Gasteiger partial charge on any atom is 0.182 e. The Kier molecular flexibility index (Phi) is 3.15. The van der Waals surface area contributed by atoms with E-state index >= 15 is 0 Å². The fraction of sp³-hybridized carbons (Fsp3) is 0.417. The van der Waals surface area contributed by atoms with E-state index in [1.165, 1.54) is 0 Å². The molecule has 0 aliphatic heterocycles. The fourth-order valence-corrected chi connectivity index (χ4v) is 1.36. The number of nitrogens with two attached hydrogens (primary N) is 1. The van der Waals surface area contributed by atoms with Crippen molar-refractivity contribution in [2.75, 3.05) is 7.11 Å². The summed E-state index contributed by atoms with van der Waals surface area (Å²) < 4.78 is 5.07. The van der Waals surface area contributed by atoms with Gasteiger partial charge in [0, 0.05) is 5.56 Å². The molecule has 1 rings (SSSR count). The lowest BCUT2D eigenvalue weighted by Crippen LogP contribution is -2.41. The molecule has 0 heterocycles. The molecule has 3 nitrogen and oxygen atoms in total. The molecule has 0 atom stereocenters. The van der Waals surface area contributed by atoms with E-state index in [1.54, 1.807) is 33.1 Å². The zero-order chi connectivity index (χ0) is 11.6. The molecule has 2 N–H and O–H groups in total. The molecule has 0 saturated carbocycles. The van der Waals surface area contributed by atoms with Gasteiger partial charge in [0.15, 0.2) is 5.78 Å². The molecule has 1 aromatic carbocycles. The van der Waals surface area contributed by atoms with Gasteiger partial charge in [-0.3, -0.25) is 4.79 Å². The van der Waals surface area contributed by atoms with E-state index in [1.807, 2.05) is 13.0 Å². The highest BCUT2D eigenvalue weighted by atomic mass is 16.5. The number of ether oxygens (including phenoxy) is 1. The Morgan fingerprint density at radius 1 is 1.40 bits per heavy atom. The molecule has 0 bridgehead atoms. The average Bonchev–Trinajstić information content (AvgIpc) is 2.15. The van der Waals surface area contributed by atoms with Crippen molar-refractivity contribution in [3.63, 3.8) is 0 Å². The minimum Gasteiger partial charge on any atom is -0.497 e. The summed E-state index contributed by atoms with van der Waals surface area (Å²) >= 11 is 0. The van der Waals surface area contributed by atoms with Crippen LogP contribution in [0, 0.1) is 6.92 Å². The molecular weight excluding hydrogens is 190 g/mol. The molecule has 0 unspecified atom stereocenters. The Balaban J connectivity index is 3.12. The van der Waals surface area contributed by atoms with Gasteiger partial charge in [-0.2, -0.15) is 0 Å². The Morgan fingerprint density at radius 2 is 2.00 bits per heavy atom. The third kappa shape index (κ3) is 2.57. The smallest absolute Gasteiger partial charge is 0.182 e. The molecule has 1 aromatic rings. The van der Waals surface area contributed by atoms with Crippen LogP contribution in [-0.4, -0.2) is 18.4 Å². The van der Waals surface area contributed by atoms with Crippen LogP contribution in [0.1, 0.15) is 29.8 Å². The topological polar surface area (TPSA) is 52.3 Å². The van der Waals surface area contributed by atoms with E-state index in [2.05, 4.69) is 0 Å². The van der Waals surface area contributed by atoms with Crippen LogP contribution in [0.15, 0.2) is 18.2 Å². The molecule has 3 heteroatoms. The summed E-state index contributed by atoms with van der Waals surface area (Å²) in [6, 6.07) is 5.36. The van der Waals surface area contributed by atoms with Gasteiger partial charge in [-0.25, -0.2) is 0 Å². The quantitative estimate of drug-likeness (QED) is 0.770. The normalized spacial score (nSPS) is 11.3. The molecule has 15 heavy (non-hydrogen) atoms. The van der Waals surface area contributed by atoms with Crippen LogP contribution in [-0.2, 0) is 0 Å². The average molecular weight is 207 g/mol. The third-order valence-electron chi connectivity index (χ3n) is 2.26. The fourth-order valence-electron chi connectivity index (χ4n) is 1.36. The summed E-state index contributed by atoms with van der Waals surface area (Å²) in [7, 11) is 1.60. The molecule has 82 valence electrons. The minimum absolute atomic E-state index is 0.0531. The van der Waals surface area contributed by atoms with Crippen molar-refractivity contribution in [1.82, 2.24) is 0 Å². The summed E-state index contributed by atoms with van der Waals surface area (Å²) in [5, 5.41) is 0. The number of ketones is 1. The van der Waals surface area contributed by atoms with Crippen LogP contribution in [0.5, 0.6) is 5.75 Å². The van der Waals surface area contributed by atoms with Gasteiger partial charge in [-0.15, -0.1) is 0 Å². The first-order valence-electron chi connectivity index (χ1n) is 4.84. The van der Waals surface area contributed by atoms with Gasteiger partial charge in [0.1, 0.15) is 5.75 Å². The summed E-state index contributed by atoms with van der Waals surface area (Å²) in [4.78, 5) is 11.9. The molecule has 0 amide bonds. The van der Waals surface area contributed by atoms with Gasteiger partial charge in [0.2, 0.25) is 0 Å². The van der Waals surface area contributed by atoms with Crippen LogP contribution in [0.3, 0.4) is 0 Å². The number of Topliss-reactive ketones (excluding diaryl/α,β-unsaturated/α-hetero) is 1. The van der Waals surface area contributed by atoms with Gasteiger partial charge >= 0.3 is 0 Å². The Hall–Kier alpha value is -1.35. The number of carbonyl (C=O) groups excluding carboxylic acids is 1. The second kappa shape index (κ2) is 4.03. The zero-order valence-electron chi connectivity index (χ0n) is 9.63. The van der Waals surface area contributed by atoms with Crippen molar-refractivity contribution in [1.29, 1.82) is 0 Å². The van der Waals surface area contributed by atoms with Gasteiger partial charge < -0.3 is 10.5 Å². The number of benzene rings is 1. The summed E-state index contributed by atoms with van der Waals surface area (Å²) in [5.74, 6) is 0.696. The lowest BCUT2D eigenvalue weighted by Gasteiger charge is -2.18. The summed E-state index contributed by atoms with van der Waals surface area (Å²) in [6.45, 7) is 5.29. The van der Waals surface area contributed by atoms with E-state index in [9.17, 15) is 4.79 Å². The molecule has 0 aromatic heterocycles. The maximum atomic E-state index is 11.9. The molecule has 0 aliphatic carbocycles. The number of hydrogen-bond acceptors (Lipinski definition) is 3. The third-order valence-corrected chi connectivity index (χ3v) is 2.26. The number of methoxy groups -OCH3 is 1. The Labute approximate surface area is 90.2 Å². The summed E-state index contributed by atoms with van der Waals surface area (Å²) in [5.41, 5.74) is 6.48. The first-order valence-corrected chi connectivity index (χ1v) is 4.84. The van der Waals surface area contributed by atoms with Gasteiger partial charge in [0.25, 0.3) is 0 Å². The standard InChI is InChI=1S/C12H17NO2/c1-8-7-9(15-4)5-6-10(8)11(14)12(2,3)13/h5-7H,13H2,1-4H3. The van der Waals surface area contributed by atoms with Gasteiger partial charge in [-0.05, 0) is 44.5 Å². The Morgan fingerprint density at radius 3 is 2.40 bits per heavy atom. The predicted octanol–water partition coefficient (Wildman–Crippen LogP) is 1.92. The van der Waals surface area contributed by atoms with E-state index in [0.29, 0.717) is 5.56 Å². The van der Waals surface area contributed by atoms with Gasteiger partial charge in [0.05, 0.1) is 12.6 Å². The number of hydrogen-bond donors (Lipinski definition) is 1. The maximum absolute atomic E-state index is 11.9. The van der Waals surface area contributed by atoms with Crippen molar-refractivity contribution < 1.29 is 9.53 Å². The molecule has 0 spiro atoms. The van der Waals surface area contributed by atoms with Crippen molar-refractivity contribution in [2.45, 2.75) is 26.3 Å². The van der Waals surface area contributed by atoms with Gasteiger partial charge in [-0.1, -0.05) is 0 Å². The van der Waals surface area contributed by atoms with E-state index in [4.69, 9.17) is 10.5 Å². The molecule has 0 fully saturated rings. The van der Waals surface area contributed by atoms with Crippen LogP contribution in [0.2, 0.25) is 0 Å². The largest absolute Gasteiger partial charge is 0.497 e. The monoisotopic (exact) mass is 207 g/mol. The van der Waals surface area contributed by atoms with Crippen molar-refractivity contribution in [3.8, 4) is 5.75 Å². The lowest BCUT2D eigenvalue weighted by atomic mass is 9.92. The van der Waals surface area contributed by atoms with Crippen LogP contribution in [0.25, 0.3) is 0 Å². The van der Waals surface area contributed by atoms with Crippen molar-refractivity contribution in [2.24, 2.45) is 5.73 Å². The zero-order valence-corrected chi connectivity index (χ0v) is 9.63. The second-order valence-corrected chi connectivity index (χ2v) is 4.23. The second-order valence-electron chi connectivity index (χ2n) is 4.23. The van der Waals surface area contributed by atoms with Crippen LogP contribution in [0.4, 0.5) is 0 Å². The SMILES string of the molecule is COc1ccc(C(=O)C(C)(C)N)c(C)c1. The number of aryl methyl sites for hydroxylation is 1. The van der Waals surface area contributed by atoms with E-state index < -0.39 is 5.54 Å². The number of carbonyl (C=O) groups is 1. The highest BCUT2D eigenvalue weighted by Crippen LogP contribution is 2.20. The van der Waals surface area contributed by atoms with Crippen molar-refractivity contribution in [3.05, 3.63) is 29.3 Å². The van der Waals surface area contributed by atoms with Crippen LogP contribution >= 0.6 is 0 Å². The highest BCUT2D eigenvalue weighted by molar-refractivity contribution is 6.03. The van der Waals surface area contributed by atoms with E-state index in [0.717, 1.165) is 11.3 Å². The molecule has 0 radical (unpaired) electrons. The summed E-state index contributed by atoms with van der Waals surface area (Å²) in [6.07, 6.45) is 0. The predicted molar refractivity (Wildman–Crippen MR) is 60.3 cm³/mol. The van der Waals surface area contributed by atoms with Crippen LogP contribution < -0.4 is 10.5 Å². The Bertz CT molecular complexity index is 378. The first kappa shape index (κ1) is 11.7.